The number of benzene rings is 1. The third-order valence-electron chi connectivity index (χ3n) is 4.13. The van der Waals surface area contributed by atoms with Gasteiger partial charge in [-0.05, 0) is 37.8 Å². The smallest absolute Gasteiger partial charge is 0.0944 e. The predicted molar refractivity (Wildman–Crippen MR) is 81.7 cm³/mol. The van der Waals surface area contributed by atoms with E-state index < -0.39 is 6.10 Å². The maximum Gasteiger partial charge on any atom is 0.0944 e. The molecule has 0 bridgehead atoms. The van der Waals surface area contributed by atoms with Gasteiger partial charge in [0.1, 0.15) is 0 Å². The van der Waals surface area contributed by atoms with Gasteiger partial charge < -0.3 is 9.84 Å². The summed E-state index contributed by atoms with van der Waals surface area (Å²) in [5.74, 6) is 0.817. The van der Waals surface area contributed by atoms with Crippen LogP contribution in [0.15, 0.2) is 30.3 Å². The van der Waals surface area contributed by atoms with Crippen molar-refractivity contribution in [2.24, 2.45) is 5.92 Å². The largest absolute Gasteiger partial charge is 0.387 e. The fraction of sp³-hybridized carbons (Fsp3) is 0.647. The molecule has 1 aromatic carbocycles. The van der Waals surface area contributed by atoms with Crippen molar-refractivity contribution in [1.29, 1.82) is 0 Å². The summed E-state index contributed by atoms with van der Waals surface area (Å²) in [6.45, 7) is 4.66. The van der Waals surface area contributed by atoms with Crippen molar-refractivity contribution in [2.75, 3.05) is 26.8 Å². The molecule has 1 aliphatic rings. The molecule has 2 rings (SSSR count). The van der Waals surface area contributed by atoms with Crippen LogP contribution in [-0.4, -0.2) is 42.9 Å². The van der Waals surface area contributed by atoms with Crippen LogP contribution < -0.4 is 0 Å². The summed E-state index contributed by atoms with van der Waals surface area (Å²) in [6, 6.07) is 10.1. The molecule has 112 valence electrons. The molecule has 1 saturated carbocycles. The number of ether oxygens (including phenoxy) is 1. The standard InChI is InChI=1S/C17H27NO2/c1-3-16(17(19)15-7-5-4-6-8-15)18(2)11-12-20-13-14-9-10-14/h4-8,14,16-17,19H,3,9-13H2,1-2H3. The van der Waals surface area contributed by atoms with Crippen molar-refractivity contribution < 1.29 is 9.84 Å². The number of rotatable bonds is 9. The molecule has 2 atom stereocenters. The Morgan fingerprint density at radius 2 is 2.00 bits per heavy atom. The van der Waals surface area contributed by atoms with E-state index in [1.807, 2.05) is 30.3 Å². The van der Waals surface area contributed by atoms with Crippen LogP contribution >= 0.6 is 0 Å². The molecule has 3 nitrogen and oxygen atoms in total. The number of nitrogens with zero attached hydrogens (tertiary/aromatic N) is 1. The fourth-order valence-electron chi connectivity index (χ4n) is 2.56. The minimum absolute atomic E-state index is 0.141. The molecule has 0 spiro atoms. The average molecular weight is 277 g/mol. The maximum atomic E-state index is 10.5. The molecule has 0 aromatic heterocycles. The van der Waals surface area contributed by atoms with Crippen molar-refractivity contribution in [3.63, 3.8) is 0 Å². The average Bonchev–Trinajstić information content (AvgIpc) is 3.29. The van der Waals surface area contributed by atoms with Crippen LogP contribution in [0.4, 0.5) is 0 Å². The van der Waals surface area contributed by atoms with Gasteiger partial charge in [-0.1, -0.05) is 37.3 Å². The summed E-state index contributed by atoms with van der Waals surface area (Å²) in [7, 11) is 2.07. The molecule has 1 N–H and O–H groups in total. The number of likely N-dealkylation sites (N-methyl/N-ethyl adjacent to an activating group) is 1. The minimum atomic E-state index is -0.436. The van der Waals surface area contributed by atoms with Crippen molar-refractivity contribution in [3.8, 4) is 0 Å². The number of aliphatic hydroxyl groups is 1. The lowest BCUT2D eigenvalue weighted by molar-refractivity contribution is 0.0357. The molecule has 1 aromatic rings. The molecule has 3 heteroatoms. The van der Waals surface area contributed by atoms with E-state index in [1.54, 1.807) is 0 Å². The summed E-state index contributed by atoms with van der Waals surface area (Å²) >= 11 is 0. The Balaban J connectivity index is 1.79. The molecule has 1 aliphatic carbocycles. The molecule has 1 fully saturated rings. The number of hydrogen-bond acceptors (Lipinski definition) is 3. The Bertz CT molecular complexity index is 378. The van der Waals surface area contributed by atoms with Crippen LogP contribution in [0, 0.1) is 5.92 Å². The summed E-state index contributed by atoms with van der Waals surface area (Å²) in [4.78, 5) is 2.21. The molecular formula is C17H27NO2. The maximum absolute atomic E-state index is 10.5. The van der Waals surface area contributed by atoms with E-state index in [0.29, 0.717) is 0 Å². The predicted octanol–water partition coefficient (Wildman–Crippen LogP) is 2.86. The highest BCUT2D eigenvalue weighted by Crippen LogP contribution is 2.28. The van der Waals surface area contributed by atoms with Gasteiger partial charge in [-0.2, -0.15) is 0 Å². The first-order chi connectivity index (χ1) is 9.72. The van der Waals surface area contributed by atoms with Crippen LogP contribution in [0.5, 0.6) is 0 Å². The van der Waals surface area contributed by atoms with Gasteiger partial charge in [-0.25, -0.2) is 0 Å². The molecule has 2 unspecified atom stereocenters. The first-order valence-electron chi connectivity index (χ1n) is 7.73. The van der Waals surface area contributed by atoms with E-state index >= 15 is 0 Å². The van der Waals surface area contributed by atoms with Gasteiger partial charge in [-0.15, -0.1) is 0 Å². The third kappa shape index (κ3) is 4.58. The van der Waals surface area contributed by atoms with Gasteiger partial charge in [0.05, 0.1) is 12.7 Å². The SMILES string of the molecule is CCC(C(O)c1ccccc1)N(C)CCOCC1CC1. The van der Waals surface area contributed by atoms with Gasteiger partial charge in [0.25, 0.3) is 0 Å². The van der Waals surface area contributed by atoms with E-state index in [0.717, 1.165) is 37.7 Å². The summed E-state index contributed by atoms with van der Waals surface area (Å²) in [5.41, 5.74) is 0.991. The van der Waals surface area contributed by atoms with E-state index in [9.17, 15) is 5.11 Å². The van der Waals surface area contributed by atoms with Crippen LogP contribution in [0.3, 0.4) is 0 Å². The lowest BCUT2D eigenvalue weighted by atomic mass is 9.99. The highest BCUT2D eigenvalue weighted by atomic mass is 16.5. The van der Waals surface area contributed by atoms with Gasteiger partial charge in [0, 0.05) is 19.2 Å². The topological polar surface area (TPSA) is 32.7 Å². The zero-order valence-corrected chi connectivity index (χ0v) is 12.7. The van der Waals surface area contributed by atoms with E-state index in [-0.39, 0.29) is 6.04 Å². The van der Waals surface area contributed by atoms with Crippen molar-refractivity contribution in [2.45, 2.75) is 38.3 Å². The second-order valence-corrected chi connectivity index (χ2v) is 5.83. The van der Waals surface area contributed by atoms with Crippen molar-refractivity contribution in [3.05, 3.63) is 35.9 Å². The van der Waals surface area contributed by atoms with Gasteiger partial charge in [0.2, 0.25) is 0 Å². The lowest BCUT2D eigenvalue weighted by Gasteiger charge is -2.31. The van der Waals surface area contributed by atoms with Crippen LogP contribution in [0.2, 0.25) is 0 Å². The second kappa shape index (κ2) is 7.77. The summed E-state index contributed by atoms with van der Waals surface area (Å²) in [5, 5.41) is 10.5. The van der Waals surface area contributed by atoms with Crippen molar-refractivity contribution in [1.82, 2.24) is 4.90 Å². The second-order valence-electron chi connectivity index (χ2n) is 5.83. The fourth-order valence-corrected chi connectivity index (χ4v) is 2.56. The number of hydrogen-bond donors (Lipinski definition) is 1. The molecule has 0 radical (unpaired) electrons. The number of aliphatic hydroxyl groups excluding tert-OH is 1. The molecule has 0 amide bonds. The van der Waals surface area contributed by atoms with Gasteiger partial charge in [0.15, 0.2) is 0 Å². The Morgan fingerprint density at radius 1 is 1.30 bits per heavy atom. The van der Waals surface area contributed by atoms with Gasteiger partial charge >= 0.3 is 0 Å². The van der Waals surface area contributed by atoms with Crippen molar-refractivity contribution >= 4 is 0 Å². The quantitative estimate of drug-likeness (QED) is 0.705. The van der Waals surface area contributed by atoms with E-state index in [2.05, 4.69) is 18.9 Å². The molecule has 0 heterocycles. The Hall–Kier alpha value is -0.900. The van der Waals surface area contributed by atoms with Crippen LogP contribution in [0.1, 0.15) is 37.9 Å². The minimum Gasteiger partial charge on any atom is -0.387 e. The first kappa shape index (κ1) is 15.5. The van der Waals surface area contributed by atoms with Crippen LogP contribution in [-0.2, 0) is 4.74 Å². The Labute approximate surface area is 122 Å². The zero-order chi connectivity index (χ0) is 14.4. The van der Waals surface area contributed by atoms with E-state index in [1.165, 1.54) is 12.8 Å². The normalized spacial score (nSPS) is 18.2. The monoisotopic (exact) mass is 277 g/mol. The summed E-state index contributed by atoms with van der Waals surface area (Å²) < 4.78 is 5.69. The molecule has 0 aliphatic heterocycles. The first-order valence-corrected chi connectivity index (χ1v) is 7.73. The van der Waals surface area contributed by atoms with Crippen LogP contribution in [0.25, 0.3) is 0 Å². The Kier molecular flexibility index (Phi) is 6.02. The lowest BCUT2D eigenvalue weighted by Crippen LogP contribution is -2.38. The third-order valence-corrected chi connectivity index (χ3v) is 4.13. The highest BCUT2D eigenvalue weighted by Gasteiger charge is 2.24. The highest BCUT2D eigenvalue weighted by molar-refractivity contribution is 5.18. The molecule has 0 saturated heterocycles. The molecule has 20 heavy (non-hydrogen) atoms. The summed E-state index contributed by atoms with van der Waals surface area (Å²) in [6.07, 6.45) is 3.16. The Morgan fingerprint density at radius 3 is 2.60 bits per heavy atom. The van der Waals surface area contributed by atoms with E-state index in [4.69, 9.17) is 4.74 Å². The van der Waals surface area contributed by atoms with Gasteiger partial charge in [-0.3, -0.25) is 4.90 Å². The molecular weight excluding hydrogens is 250 g/mol. The zero-order valence-electron chi connectivity index (χ0n) is 12.7.